The van der Waals surface area contributed by atoms with Crippen LogP contribution in [0.5, 0.6) is 0 Å². The SMILES string of the molecule is C/C=C\[Si]1(/C=C\C)CCCC1. The Labute approximate surface area is 71.0 Å². The summed E-state index contributed by atoms with van der Waals surface area (Å²) in [6.07, 6.45) is 7.41. The number of hydrogen-bond donors (Lipinski definition) is 0. The van der Waals surface area contributed by atoms with Crippen LogP contribution in [-0.4, -0.2) is 8.07 Å². The molecule has 1 heteroatoms. The molecule has 62 valence electrons. The fourth-order valence-electron chi connectivity index (χ4n) is 2.09. The zero-order valence-corrected chi connectivity index (χ0v) is 8.64. The van der Waals surface area contributed by atoms with Crippen molar-refractivity contribution in [1.29, 1.82) is 0 Å². The van der Waals surface area contributed by atoms with Gasteiger partial charge in [0.05, 0.1) is 0 Å². The average Bonchev–Trinajstić information content (AvgIpc) is 2.39. The minimum Gasteiger partial charge on any atom is -0.0952 e. The molecule has 1 aliphatic rings. The van der Waals surface area contributed by atoms with Crippen LogP contribution in [0.25, 0.3) is 0 Å². The molecule has 0 aromatic heterocycles. The predicted molar refractivity (Wildman–Crippen MR) is 54.2 cm³/mol. The van der Waals surface area contributed by atoms with E-state index in [9.17, 15) is 0 Å². The van der Waals surface area contributed by atoms with E-state index in [1.807, 2.05) is 0 Å². The molecule has 1 rings (SSSR count). The quantitative estimate of drug-likeness (QED) is 0.551. The monoisotopic (exact) mass is 166 g/mol. The van der Waals surface area contributed by atoms with Gasteiger partial charge in [-0.1, -0.05) is 48.5 Å². The Morgan fingerprint density at radius 2 is 1.36 bits per heavy atom. The first kappa shape index (κ1) is 8.79. The number of allylic oxidation sites excluding steroid dienone is 2. The second-order valence-corrected chi connectivity index (χ2v) is 7.57. The molecule has 1 heterocycles. The van der Waals surface area contributed by atoms with E-state index in [0.717, 1.165) is 0 Å². The van der Waals surface area contributed by atoms with Crippen LogP contribution in [0.3, 0.4) is 0 Å². The van der Waals surface area contributed by atoms with Gasteiger partial charge in [0.15, 0.2) is 0 Å². The van der Waals surface area contributed by atoms with Gasteiger partial charge >= 0.3 is 0 Å². The minimum atomic E-state index is -0.993. The molecule has 0 aliphatic carbocycles. The Bertz CT molecular complexity index is 148. The molecule has 0 atom stereocenters. The molecule has 1 fully saturated rings. The molecule has 0 bridgehead atoms. The highest BCUT2D eigenvalue weighted by Crippen LogP contribution is 2.32. The Balaban J connectivity index is 2.69. The van der Waals surface area contributed by atoms with Crippen molar-refractivity contribution in [1.82, 2.24) is 0 Å². The maximum absolute atomic E-state index is 2.50. The summed E-state index contributed by atoms with van der Waals surface area (Å²) in [4.78, 5) is 0. The largest absolute Gasteiger partial charge is 0.101 e. The van der Waals surface area contributed by atoms with Gasteiger partial charge in [0.2, 0.25) is 0 Å². The summed E-state index contributed by atoms with van der Waals surface area (Å²) in [6.45, 7) is 4.30. The second-order valence-electron chi connectivity index (χ2n) is 3.44. The highest BCUT2D eigenvalue weighted by Gasteiger charge is 2.30. The molecule has 0 saturated carbocycles. The molecule has 0 N–H and O–H groups in total. The van der Waals surface area contributed by atoms with Gasteiger partial charge in [-0.15, -0.1) is 0 Å². The van der Waals surface area contributed by atoms with Crippen molar-refractivity contribution in [2.45, 2.75) is 38.8 Å². The average molecular weight is 166 g/mol. The van der Waals surface area contributed by atoms with Gasteiger partial charge in [-0.25, -0.2) is 0 Å². The Morgan fingerprint density at radius 1 is 0.909 bits per heavy atom. The third-order valence-corrected chi connectivity index (χ3v) is 7.09. The van der Waals surface area contributed by atoms with Crippen LogP contribution < -0.4 is 0 Å². The Hall–Kier alpha value is -0.303. The van der Waals surface area contributed by atoms with Gasteiger partial charge in [-0.3, -0.25) is 0 Å². The van der Waals surface area contributed by atoms with Crippen molar-refractivity contribution in [2.75, 3.05) is 0 Å². The fourth-order valence-corrected chi connectivity index (χ4v) is 6.26. The maximum atomic E-state index is 2.50. The third-order valence-electron chi connectivity index (χ3n) is 2.53. The van der Waals surface area contributed by atoms with E-state index >= 15 is 0 Å². The molecule has 0 aromatic carbocycles. The van der Waals surface area contributed by atoms with E-state index in [4.69, 9.17) is 0 Å². The van der Waals surface area contributed by atoms with E-state index < -0.39 is 8.07 Å². The topological polar surface area (TPSA) is 0 Å². The van der Waals surface area contributed by atoms with Crippen molar-refractivity contribution in [3.63, 3.8) is 0 Å². The molecular weight excluding hydrogens is 148 g/mol. The van der Waals surface area contributed by atoms with Crippen LogP contribution in [0.2, 0.25) is 12.1 Å². The first-order valence-electron chi connectivity index (χ1n) is 4.61. The van der Waals surface area contributed by atoms with Crippen molar-refractivity contribution in [2.24, 2.45) is 0 Å². The molecule has 11 heavy (non-hydrogen) atoms. The molecule has 0 aromatic rings. The van der Waals surface area contributed by atoms with Gasteiger partial charge in [-0.2, -0.15) is 0 Å². The lowest BCUT2D eigenvalue weighted by Gasteiger charge is -2.16. The molecule has 0 radical (unpaired) electrons. The molecule has 0 spiro atoms. The second kappa shape index (κ2) is 3.91. The van der Waals surface area contributed by atoms with Gasteiger partial charge in [0.25, 0.3) is 0 Å². The van der Waals surface area contributed by atoms with E-state index in [1.165, 1.54) is 24.9 Å². The summed E-state index contributed by atoms with van der Waals surface area (Å²) in [5.74, 6) is 0. The van der Waals surface area contributed by atoms with E-state index in [1.54, 1.807) is 0 Å². The summed E-state index contributed by atoms with van der Waals surface area (Å²) in [5, 5.41) is 0. The lowest BCUT2D eigenvalue weighted by atomic mass is 10.4. The van der Waals surface area contributed by atoms with E-state index in [2.05, 4.69) is 37.4 Å². The summed E-state index contributed by atoms with van der Waals surface area (Å²) < 4.78 is 0. The maximum Gasteiger partial charge on any atom is 0.101 e. The van der Waals surface area contributed by atoms with Crippen molar-refractivity contribution in [3.8, 4) is 0 Å². The van der Waals surface area contributed by atoms with Crippen LogP contribution in [0.1, 0.15) is 26.7 Å². The van der Waals surface area contributed by atoms with Gasteiger partial charge in [-0.05, 0) is 13.8 Å². The van der Waals surface area contributed by atoms with Crippen molar-refractivity contribution in [3.05, 3.63) is 23.6 Å². The first-order chi connectivity index (χ1) is 5.33. The van der Waals surface area contributed by atoms with Crippen LogP contribution in [0.4, 0.5) is 0 Å². The van der Waals surface area contributed by atoms with Gasteiger partial charge < -0.3 is 0 Å². The van der Waals surface area contributed by atoms with Crippen LogP contribution in [0.15, 0.2) is 23.6 Å². The molecular formula is C10H18Si. The molecule has 1 aliphatic heterocycles. The number of hydrogen-bond acceptors (Lipinski definition) is 0. The lowest BCUT2D eigenvalue weighted by molar-refractivity contribution is 0.935. The van der Waals surface area contributed by atoms with Crippen molar-refractivity contribution < 1.29 is 0 Å². The van der Waals surface area contributed by atoms with Crippen LogP contribution in [-0.2, 0) is 0 Å². The van der Waals surface area contributed by atoms with Gasteiger partial charge in [0, 0.05) is 0 Å². The molecule has 0 amide bonds. The Morgan fingerprint density at radius 3 is 1.73 bits per heavy atom. The smallest absolute Gasteiger partial charge is 0.0952 e. The summed E-state index contributed by atoms with van der Waals surface area (Å²) in [5.41, 5.74) is 5.00. The predicted octanol–water partition coefficient (Wildman–Crippen LogP) is 3.46. The number of rotatable bonds is 2. The summed E-state index contributed by atoms with van der Waals surface area (Å²) >= 11 is 0. The highest BCUT2D eigenvalue weighted by atomic mass is 28.3. The molecule has 0 nitrogen and oxygen atoms in total. The summed E-state index contributed by atoms with van der Waals surface area (Å²) in [7, 11) is -0.993. The zero-order chi connectivity index (χ0) is 8.16. The van der Waals surface area contributed by atoms with Crippen LogP contribution >= 0.6 is 0 Å². The first-order valence-corrected chi connectivity index (χ1v) is 7.17. The van der Waals surface area contributed by atoms with E-state index in [0.29, 0.717) is 0 Å². The van der Waals surface area contributed by atoms with Crippen LogP contribution in [0, 0.1) is 0 Å². The Kier molecular flexibility index (Phi) is 3.12. The summed E-state index contributed by atoms with van der Waals surface area (Å²) in [6, 6.07) is 2.98. The molecule has 1 saturated heterocycles. The normalized spacial score (nSPS) is 23.8. The lowest BCUT2D eigenvalue weighted by Crippen LogP contribution is -2.24. The fraction of sp³-hybridized carbons (Fsp3) is 0.600. The third kappa shape index (κ3) is 2.06. The van der Waals surface area contributed by atoms with E-state index in [-0.39, 0.29) is 0 Å². The molecule has 0 unspecified atom stereocenters. The van der Waals surface area contributed by atoms with Gasteiger partial charge in [0.1, 0.15) is 8.07 Å². The zero-order valence-electron chi connectivity index (χ0n) is 7.64. The standard InChI is InChI=1S/C10H18Si/c1-3-7-11(8-4-2)9-5-6-10-11/h3-4,7-8H,5-6,9-10H2,1-2H3/b7-3-,8-4-. The highest BCUT2D eigenvalue weighted by molar-refractivity contribution is 6.89. The minimum absolute atomic E-state index is 0.993. The van der Waals surface area contributed by atoms with Crippen molar-refractivity contribution >= 4 is 8.07 Å².